The van der Waals surface area contributed by atoms with Crippen molar-refractivity contribution >= 4 is 23.0 Å². The van der Waals surface area contributed by atoms with Gasteiger partial charge in [0.1, 0.15) is 5.75 Å². The number of nitrogens with zero attached hydrogens (tertiary/aromatic N) is 1. The number of anilines is 1. The monoisotopic (exact) mass is 296 g/mol. The molecule has 2 rings (SSSR count). The molecule has 0 aliphatic heterocycles. The molecule has 0 atom stereocenters. The van der Waals surface area contributed by atoms with Gasteiger partial charge in [-0.1, -0.05) is 36.4 Å². The van der Waals surface area contributed by atoms with Crippen molar-refractivity contribution in [3.05, 3.63) is 60.7 Å². The topological polar surface area (TPSA) is 67.8 Å². The fourth-order valence-corrected chi connectivity index (χ4v) is 1.70. The Kier molecular flexibility index (Phi) is 5.43. The maximum absolute atomic E-state index is 12.1. The van der Waals surface area contributed by atoms with Crippen LogP contribution in [0.3, 0.4) is 0 Å². The number of carbonyl (C=O) groups is 2. The van der Waals surface area contributed by atoms with Crippen LogP contribution in [0.5, 0.6) is 5.75 Å². The average molecular weight is 296 g/mol. The smallest absolute Gasteiger partial charge is 0.223 e. The van der Waals surface area contributed by atoms with Crippen LogP contribution in [0, 0.1) is 0 Å². The Hall–Kier alpha value is -2.95. The molecule has 2 aromatic rings. The van der Waals surface area contributed by atoms with Crippen molar-refractivity contribution in [3.63, 3.8) is 0 Å². The molecule has 0 amide bonds. The van der Waals surface area contributed by atoms with Gasteiger partial charge in [0.25, 0.3) is 0 Å². The first kappa shape index (κ1) is 15.4. The van der Waals surface area contributed by atoms with Crippen LogP contribution in [0.25, 0.3) is 0 Å². The summed E-state index contributed by atoms with van der Waals surface area (Å²) in [6.45, 7) is 1.06. The van der Waals surface area contributed by atoms with E-state index >= 15 is 0 Å². The van der Waals surface area contributed by atoms with Gasteiger partial charge < -0.3 is 4.74 Å². The van der Waals surface area contributed by atoms with E-state index < -0.39 is 11.6 Å². The molecule has 0 radical (unpaired) electrons. The Labute approximate surface area is 128 Å². The minimum Gasteiger partial charge on any atom is -0.485 e. The van der Waals surface area contributed by atoms with Gasteiger partial charge in [0, 0.05) is 6.92 Å². The second-order valence-electron chi connectivity index (χ2n) is 4.52. The highest BCUT2D eigenvalue weighted by molar-refractivity contribution is 6.66. The molecular formula is C17H16N2O3. The summed E-state index contributed by atoms with van der Waals surface area (Å²) < 4.78 is 5.34. The lowest BCUT2D eigenvalue weighted by molar-refractivity contribution is -0.117. The van der Waals surface area contributed by atoms with Crippen molar-refractivity contribution in [2.24, 2.45) is 5.10 Å². The lowest BCUT2D eigenvalue weighted by Crippen LogP contribution is -2.28. The molecule has 0 saturated heterocycles. The molecule has 22 heavy (non-hydrogen) atoms. The number of hydrogen-bond acceptors (Lipinski definition) is 5. The van der Waals surface area contributed by atoms with E-state index in [0.717, 1.165) is 0 Å². The van der Waals surface area contributed by atoms with E-state index in [2.05, 4.69) is 10.5 Å². The second-order valence-corrected chi connectivity index (χ2v) is 4.52. The minimum absolute atomic E-state index is 0.167. The molecule has 112 valence electrons. The molecule has 0 aliphatic rings. The van der Waals surface area contributed by atoms with Crippen molar-refractivity contribution in [1.82, 2.24) is 0 Å². The molecule has 0 fully saturated rings. The van der Waals surface area contributed by atoms with Crippen molar-refractivity contribution in [3.8, 4) is 5.75 Å². The zero-order valence-corrected chi connectivity index (χ0v) is 12.2. The number of hydrogen-bond donors (Lipinski definition) is 1. The Balaban J connectivity index is 2.01. The van der Waals surface area contributed by atoms with Gasteiger partial charge in [-0.15, -0.1) is 0 Å². The Morgan fingerprint density at radius 3 is 2.18 bits per heavy atom. The quantitative estimate of drug-likeness (QED) is 0.484. The van der Waals surface area contributed by atoms with E-state index in [9.17, 15) is 9.59 Å². The highest BCUT2D eigenvalue weighted by Crippen LogP contribution is 2.08. The van der Waals surface area contributed by atoms with Gasteiger partial charge >= 0.3 is 0 Å². The van der Waals surface area contributed by atoms with E-state index in [4.69, 9.17) is 4.74 Å². The molecule has 0 bridgehead atoms. The summed E-state index contributed by atoms with van der Waals surface area (Å²) in [5, 5.41) is 3.89. The lowest BCUT2D eigenvalue weighted by atomic mass is 10.2. The SMILES string of the molecule is CC(=O)C(=NNc1ccccc1)C(=O)COc1ccccc1. The molecule has 5 heteroatoms. The average Bonchev–Trinajstić information content (AvgIpc) is 2.55. The zero-order valence-electron chi connectivity index (χ0n) is 12.2. The molecular weight excluding hydrogens is 280 g/mol. The molecule has 0 aliphatic carbocycles. The minimum atomic E-state index is -0.472. The van der Waals surface area contributed by atoms with Crippen LogP contribution in [-0.2, 0) is 9.59 Å². The summed E-state index contributed by atoms with van der Waals surface area (Å²) in [5.74, 6) is -0.320. The maximum Gasteiger partial charge on any atom is 0.223 e. The number of rotatable bonds is 7. The van der Waals surface area contributed by atoms with Crippen LogP contribution in [0.4, 0.5) is 5.69 Å². The van der Waals surface area contributed by atoms with Gasteiger partial charge in [0.05, 0.1) is 5.69 Å². The number of benzene rings is 2. The third-order valence-electron chi connectivity index (χ3n) is 2.78. The maximum atomic E-state index is 12.1. The number of para-hydroxylation sites is 2. The molecule has 0 unspecified atom stereocenters. The summed E-state index contributed by atoms with van der Waals surface area (Å²) in [5.41, 5.74) is 3.22. The Morgan fingerprint density at radius 1 is 1.00 bits per heavy atom. The molecule has 0 aromatic heterocycles. The number of ether oxygens (including phenoxy) is 1. The predicted molar refractivity (Wildman–Crippen MR) is 85.1 cm³/mol. The zero-order chi connectivity index (χ0) is 15.8. The fourth-order valence-electron chi connectivity index (χ4n) is 1.70. The molecule has 5 nitrogen and oxygen atoms in total. The van der Waals surface area contributed by atoms with E-state index in [-0.39, 0.29) is 12.3 Å². The van der Waals surface area contributed by atoms with E-state index in [1.165, 1.54) is 6.92 Å². The van der Waals surface area contributed by atoms with Crippen LogP contribution in [0.15, 0.2) is 65.8 Å². The summed E-state index contributed by atoms with van der Waals surface area (Å²) in [7, 11) is 0. The normalized spacial score (nSPS) is 10.9. The van der Waals surface area contributed by atoms with Gasteiger partial charge in [0.2, 0.25) is 5.78 Å². The van der Waals surface area contributed by atoms with E-state index in [1.54, 1.807) is 36.4 Å². The van der Waals surface area contributed by atoms with Gasteiger partial charge in [-0.2, -0.15) is 5.10 Å². The van der Waals surface area contributed by atoms with Crippen molar-refractivity contribution < 1.29 is 14.3 Å². The van der Waals surface area contributed by atoms with Crippen LogP contribution in [0.2, 0.25) is 0 Å². The van der Waals surface area contributed by atoms with Crippen molar-refractivity contribution in [1.29, 1.82) is 0 Å². The van der Waals surface area contributed by atoms with Gasteiger partial charge in [-0.25, -0.2) is 0 Å². The standard InChI is InChI=1S/C17H16N2O3/c1-13(20)17(19-18-14-8-4-2-5-9-14)16(21)12-22-15-10-6-3-7-11-15/h2-11,18H,12H2,1H3. The van der Waals surface area contributed by atoms with Crippen LogP contribution in [-0.4, -0.2) is 23.9 Å². The third-order valence-corrected chi connectivity index (χ3v) is 2.78. The largest absolute Gasteiger partial charge is 0.485 e. The van der Waals surface area contributed by atoms with Crippen LogP contribution in [0.1, 0.15) is 6.92 Å². The molecule has 1 N–H and O–H groups in total. The number of nitrogens with one attached hydrogen (secondary N) is 1. The fraction of sp³-hybridized carbons (Fsp3) is 0.118. The molecule has 2 aromatic carbocycles. The third kappa shape index (κ3) is 4.56. The first-order valence-corrected chi connectivity index (χ1v) is 6.77. The van der Waals surface area contributed by atoms with Crippen molar-refractivity contribution in [2.45, 2.75) is 6.92 Å². The lowest BCUT2D eigenvalue weighted by Gasteiger charge is -2.06. The van der Waals surface area contributed by atoms with Gasteiger partial charge in [-0.3, -0.25) is 15.0 Å². The summed E-state index contributed by atoms with van der Waals surface area (Å²) >= 11 is 0. The second kappa shape index (κ2) is 7.73. The number of ketones is 2. The van der Waals surface area contributed by atoms with Gasteiger partial charge in [-0.05, 0) is 24.3 Å². The summed E-state index contributed by atoms with van der Waals surface area (Å²) in [6.07, 6.45) is 0. The number of hydrazone groups is 1. The Bertz CT molecular complexity index is 667. The predicted octanol–water partition coefficient (Wildman–Crippen LogP) is 2.69. The van der Waals surface area contributed by atoms with E-state index in [0.29, 0.717) is 11.4 Å². The molecule has 0 saturated carbocycles. The summed E-state index contributed by atoms with van der Waals surface area (Å²) in [6, 6.07) is 18.0. The van der Waals surface area contributed by atoms with E-state index in [1.807, 2.05) is 24.3 Å². The summed E-state index contributed by atoms with van der Waals surface area (Å²) in [4.78, 5) is 23.6. The molecule has 0 heterocycles. The first-order chi connectivity index (χ1) is 10.7. The van der Waals surface area contributed by atoms with Crippen LogP contribution < -0.4 is 10.2 Å². The first-order valence-electron chi connectivity index (χ1n) is 6.77. The number of Topliss-reactive ketones (excluding diaryl/α,β-unsaturated/α-hetero) is 2. The number of carbonyl (C=O) groups excluding carboxylic acids is 2. The highest BCUT2D eigenvalue weighted by atomic mass is 16.5. The molecule has 0 spiro atoms. The van der Waals surface area contributed by atoms with Crippen LogP contribution >= 0.6 is 0 Å². The van der Waals surface area contributed by atoms with Gasteiger partial charge in [0.15, 0.2) is 18.1 Å². The van der Waals surface area contributed by atoms with Crippen molar-refractivity contribution in [2.75, 3.05) is 12.0 Å². The Morgan fingerprint density at radius 2 is 1.59 bits per heavy atom. The highest BCUT2D eigenvalue weighted by Gasteiger charge is 2.17.